The minimum Gasteiger partial charge on any atom is -0.508 e. The van der Waals surface area contributed by atoms with E-state index in [1.165, 1.54) is 22.2 Å². The molecule has 0 saturated carbocycles. The van der Waals surface area contributed by atoms with Crippen LogP contribution in [0.15, 0.2) is 89.8 Å². The summed E-state index contributed by atoms with van der Waals surface area (Å²) in [5, 5.41) is 12.4. The molecule has 0 radical (unpaired) electrons. The van der Waals surface area contributed by atoms with Gasteiger partial charge in [-0.3, -0.25) is 9.59 Å². The molecule has 0 aliphatic carbocycles. The Kier molecular flexibility index (Phi) is 5.53. The fourth-order valence-electron chi connectivity index (χ4n) is 3.30. The molecule has 6 heteroatoms. The maximum atomic E-state index is 13.2. The Morgan fingerprint density at radius 1 is 0.724 bits per heavy atom. The highest BCUT2D eigenvalue weighted by Gasteiger charge is 2.46. The van der Waals surface area contributed by atoms with Crippen molar-refractivity contribution in [2.75, 3.05) is 15.8 Å². The van der Waals surface area contributed by atoms with Crippen LogP contribution in [0.25, 0.3) is 0 Å². The van der Waals surface area contributed by atoms with Gasteiger partial charge in [0.1, 0.15) is 11.7 Å². The number of thioether (sulfide) groups is 1. The van der Waals surface area contributed by atoms with Crippen LogP contribution >= 0.6 is 11.8 Å². The molecule has 1 atom stereocenters. The van der Waals surface area contributed by atoms with E-state index >= 15 is 0 Å². The number of benzene rings is 3. The van der Waals surface area contributed by atoms with Crippen molar-refractivity contribution in [3.63, 3.8) is 0 Å². The quantitative estimate of drug-likeness (QED) is 0.486. The second-order valence-corrected chi connectivity index (χ2v) is 7.82. The van der Waals surface area contributed by atoms with Crippen LogP contribution in [0, 0.1) is 5.92 Å². The summed E-state index contributed by atoms with van der Waals surface area (Å²) in [4.78, 5) is 27.5. The van der Waals surface area contributed by atoms with E-state index in [2.05, 4.69) is 0 Å². The summed E-state index contributed by atoms with van der Waals surface area (Å²) in [6.45, 7) is 0. The molecule has 1 saturated heterocycles. The van der Waals surface area contributed by atoms with E-state index in [1.54, 1.807) is 36.0 Å². The fourth-order valence-corrected chi connectivity index (χ4v) is 4.24. The lowest BCUT2D eigenvalue weighted by Gasteiger charge is -2.27. The summed E-state index contributed by atoms with van der Waals surface area (Å²) in [5.74, 6) is -0.451. The topological polar surface area (TPSA) is 60.9 Å². The zero-order valence-electron chi connectivity index (χ0n) is 15.6. The Morgan fingerprint density at radius 2 is 1.24 bits per heavy atom. The standard InChI is InChI=1S/C23H20N2O3S/c26-19-13-11-18(12-14-19)25-23(28)21(15-16-29-20-9-5-2-6-10-20)22(27)24(25)17-7-3-1-4-8-17/h1-14,21,26H,15-16H2. The zero-order chi connectivity index (χ0) is 20.2. The van der Waals surface area contributed by atoms with Crippen molar-refractivity contribution in [1.29, 1.82) is 0 Å². The van der Waals surface area contributed by atoms with Crippen molar-refractivity contribution in [1.82, 2.24) is 0 Å². The lowest BCUT2D eigenvalue weighted by molar-refractivity contribution is -0.127. The molecule has 2 amide bonds. The smallest absolute Gasteiger partial charge is 0.258 e. The first-order chi connectivity index (χ1) is 14.1. The van der Waals surface area contributed by atoms with Crippen LogP contribution in [0.4, 0.5) is 11.4 Å². The van der Waals surface area contributed by atoms with E-state index in [1.807, 2.05) is 48.5 Å². The summed E-state index contributed by atoms with van der Waals surface area (Å²) in [6.07, 6.45) is 0.454. The van der Waals surface area contributed by atoms with Gasteiger partial charge in [0.05, 0.1) is 11.4 Å². The number of hydrogen-bond acceptors (Lipinski definition) is 4. The molecule has 1 N–H and O–H groups in total. The molecule has 4 rings (SSSR count). The monoisotopic (exact) mass is 404 g/mol. The van der Waals surface area contributed by atoms with Crippen molar-refractivity contribution < 1.29 is 14.7 Å². The van der Waals surface area contributed by atoms with Gasteiger partial charge in [0.25, 0.3) is 11.8 Å². The number of anilines is 2. The van der Waals surface area contributed by atoms with E-state index in [-0.39, 0.29) is 17.6 Å². The third-order valence-electron chi connectivity index (χ3n) is 4.73. The van der Waals surface area contributed by atoms with Gasteiger partial charge in [-0.15, -0.1) is 11.8 Å². The van der Waals surface area contributed by atoms with Gasteiger partial charge in [-0.2, -0.15) is 0 Å². The number of hydrazine groups is 1. The highest BCUT2D eigenvalue weighted by molar-refractivity contribution is 7.99. The number of phenols is 1. The number of phenolic OH excluding ortho intramolecular Hbond substituents is 1. The Morgan fingerprint density at radius 3 is 1.83 bits per heavy atom. The first-order valence-electron chi connectivity index (χ1n) is 9.35. The van der Waals surface area contributed by atoms with Gasteiger partial charge in [0.2, 0.25) is 0 Å². The molecule has 1 fully saturated rings. The zero-order valence-corrected chi connectivity index (χ0v) is 16.5. The average molecular weight is 404 g/mol. The number of hydrogen-bond donors (Lipinski definition) is 1. The predicted octanol–water partition coefficient (Wildman–Crippen LogP) is 4.49. The van der Waals surface area contributed by atoms with Gasteiger partial charge in [-0.05, 0) is 60.7 Å². The van der Waals surface area contributed by atoms with Crippen LogP contribution in [-0.4, -0.2) is 22.7 Å². The minimum atomic E-state index is -0.736. The van der Waals surface area contributed by atoms with Crippen molar-refractivity contribution in [2.45, 2.75) is 11.3 Å². The van der Waals surface area contributed by atoms with Crippen molar-refractivity contribution in [2.24, 2.45) is 5.92 Å². The Bertz CT molecular complexity index is 994. The van der Waals surface area contributed by atoms with Crippen LogP contribution in [0.2, 0.25) is 0 Å². The number of rotatable bonds is 6. The van der Waals surface area contributed by atoms with Gasteiger partial charge >= 0.3 is 0 Å². The molecule has 29 heavy (non-hydrogen) atoms. The van der Waals surface area contributed by atoms with Gasteiger partial charge < -0.3 is 5.11 Å². The number of aromatic hydroxyl groups is 1. The second-order valence-electron chi connectivity index (χ2n) is 6.65. The molecule has 1 heterocycles. The first kappa shape index (κ1) is 19.1. The summed E-state index contributed by atoms with van der Waals surface area (Å²) >= 11 is 1.63. The molecule has 146 valence electrons. The molecule has 3 aromatic carbocycles. The molecule has 0 spiro atoms. The van der Waals surface area contributed by atoms with Crippen molar-refractivity contribution in [3.8, 4) is 5.75 Å². The van der Waals surface area contributed by atoms with E-state index in [4.69, 9.17) is 0 Å². The van der Waals surface area contributed by atoms with Crippen molar-refractivity contribution in [3.05, 3.63) is 84.9 Å². The molecular weight excluding hydrogens is 384 g/mol. The highest BCUT2D eigenvalue weighted by atomic mass is 32.2. The molecule has 1 aliphatic rings. The fraction of sp³-hybridized carbons (Fsp3) is 0.130. The molecular formula is C23H20N2O3S. The number of nitrogens with zero attached hydrogens (tertiary/aromatic N) is 2. The Hall–Kier alpha value is -3.25. The van der Waals surface area contributed by atoms with Gasteiger partial charge in [0.15, 0.2) is 0 Å². The van der Waals surface area contributed by atoms with Crippen LogP contribution < -0.4 is 10.0 Å². The van der Waals surface area contributed by atoms with Crippen LogP contribution in [-0.2, 0) is 9.59 Å². The van der Waals surface area contributed by atoms with E-state index in [0.717, 1.165) is 4.90 Å². The molecule has 1 unspecified atom stereocenters. The van der Waals surface area contributed by atoms with Crippen molar-refractivity contribution >= 4 is 35.0 Å². The maximum Gasteiger partial charge on any atom is 0.258 e. The lowest BCUT2D eigenvalue weighted by Crippen LogP contribution is -2.41. The normalized spacial score (nSPS) is 16.5. The number of carbonyl (C=O) groups excluding carboxylic acids is 2. The minimum absolute atomic E-state index is 0.105. The van der Waals surface area contributed by atoms with E-state index < -0.39 is 5.92 Å². The van der Waals surface area contributed by atoms with E-state index in [0.29, 0.717) is 23.5 Å². The average Bonchev–Trinajstić information content (AvgIpc) is 3.00. The van der Waals surface area contributed by atoms with Gasteiger partial charge in [-0.25, -0.2) is 10.0 Å². The number of amides is 2. The molecule has 3 aromatic rings. The van der Waals surface area contributed by atoms with Crippen LogP contribution in [0.1, 0.15) is 6.42 Å². The molecule has 0 aromatic heterocycles. The largest absolute Gasteiger partial charge is 0.508 e. The van der Waals surface area contributed by atoms with Crippen LogP contribution in [0.5, 0.6) is 5.75 Å². The second kappa shape index (κ2) is 8.41. The number of carbonyl (C=O) groups is 2. The lowest BCUT2D eigenvalue weighted by atomic mass is 10.1. The predicted molar refractivity (Wildman–Crippen MR) is 115 cm³/mol. The third-order valence-corrected chi connectivity index (χ3v) is 5.77. The maximum absolute atomic E-state index is 13.2. The summed E-state index contributed by atoms with van der Waals surface area (Å²) in [7, 11) is 0. The van der Waals surface area contributed by atoms with Crippen LogP contribution in [0.3, 0.4) is 0 Å². The molecule has 1 aliphatic heterocycles. The Balaban J connectivity index is 1.59. The first-order valence-corrected chi connectivity index (χ1v) is 10.3. The SMILES string of the molecule is O=C1C(CCSc2ccccc2)C(=O)N(c2ccc(O)cc2)N1c1ccccc1. The number of para-hydroxylation sites is 1. The highest BCUT2D eigenvalue weighted by Crippen LogP contribution is 2.34. The third kappa shape index (κ3) is 3.98. The molecule has 5 nitrogen and oxygen atoms in total. The summed E-state index contributed by atoms with van der Waals surface area (Å²) in [5.41, 5.74) is 1.18. The Labute approximate surface area is 173 Å². The summed E-state index contributed by atoms with van der Waals surface area (Å²) < 4.78 is 0. The van der Waals surface area contributed by atoms with E-state index in [9.17, 15) is 14.7 Å². The molecule has 0 bridgehead atoms. The van der Waals surface area contributed by atoms with Gasteiger partial charge in [0, 0.05) is 4.90 Å². The van der Waals surface area contributed by atoms with Gasteiger partial charge in [-0.1, -0.05) is 36.4 Å². The summed E-state index contributed by atoms with van der Waals surface area (Å²) in [6, 6.07) is 25.4.